The second-order valence-electron chi connectivity index (χ2n) is 6.70. The first-order chi connectivity index (χ1) is 9.21. The monoisotopic (exact) mass is 342 g/mol. The molecule has 0 bridgehead atoms. The number of halogens is 2. The van der Waals surface area contributed by atoms with Crippen molar-refractivity contribution in [2.45, 2.75) is 0 Å². The highest BCUT2D eigenvalue weighted by molar-refractivity contribution is 5.40. The molecule has 0 aliphatic heterocycles. The van der Waals surface area contributed by atoms with Crippen LogP contribution in [0.25, 0.3) is 0 Å². The van der Waals surface area contributed by atoms with Crippen LogP contribution in [-0.4, -0.2) is 42.3 Å². The molecule has 0 aromatic heterocycles. The Labute approximate surface area is 148 Å². The summed E-state index contributed by atoms with van der Waals surface area (Å²) in [6.45, 7) is 0. The van der Waals surface area contributed by atoms with Gasteiger partial charge in [-0.1, -0.05) is 36.4 Å². The van der Waals surface area contributed by atoms with Crippen molar-refractivity contribution in [3.63, 3.8) is 0 Å². The molecular weight excluding hydrogens is 315 g/mol. The SMILES string of the molecule is C[N+](C)(C)c1ccccc1.C[N+](C)(C)c1ccccc1.[Cl-].[Cl-]. The van der Waals surface area contributed by atoms with Crippen LogP contribution in [0.3, 0.4) is 0 Å². The largest absolute Gasteiger partial charge is 1.00 e. The maximum atomic E-state index is 2.16. The van der Waals surface area contributed by atoms with Crippen LogP contribution in [0.2, 0.25) is 0 Å². The molecule has 0 unspecified atom stereocenters. The summed E-state index contributed by atoms with van der Waals surface area (Å²) in [5.41, 5.74) is 2.67. The third-order valence-corrected chi connectivity index (χ3v) is 3.06. The fourth-order valence-corrected chi connectivity index (χ4v) is 1.75. The van der Waals surface area contributed by atoms with Crippen LogP contribution in [0.15, 0.2) is 60.7 Å². The van der Waals surface area contributed by atoms with Crippen molar-refractivity contribution in [2.75, 3.05) is 42.3 Å². The fourth-order valence-electron chi connectivity index (χ4n) is 1.75. The van der Waals surface area contributed by atoms with E-state index in [4.69, 9.17) is 0 Å². The lowest BCUT2D eigenvalue weighted by Crippen LogP contribution is -3.00. The van der Waals surface area contributed by atoms with E-state index in [0.29, 0.717) is 0 Å². The Kier molecular flexibility index (Phi) is 10.4. The summed E-state index contributed by atoms with van der Waals surface area (Å²) in [6.07, 6.45) is 0. The summed E-state index contributed by atoms with van der Waals surface area (Å²) in [5, 5.41) is 0. The molecule has 0 aliphatic rings. The zero-order valence-corrected chi connectivity index (χ0v) is 15.9. The molecule has 2 aromatic rings. The predicted octanol–water partition coefficient (Wildman–Crippen LogP) is -2.23. The van der Waals surface area contributed by atoms with Crippen LogP contribution in [0.4, 0.5) is 11.4 Å². The quantitative estimate of drug-likeness (QED) is 0.542. The molecule has 0 atom stereocenters. The maximum absolute atomic E-state index is 2.16. The van der Waals surface area contributed by atoms with Gasteiger partial charge in [-0.2, -0.15) is 0 Å². The van der Waals surface area contributed by atoms with Crippen molar-refractivity contribution in [1.29, 1.82) is 0 Å². The summed E-state index contributed by atoms with van der Waals surface area (Å²) in [6, 6.07) is 20.9. The maximum Gasteiger partial charge on any atom is 0.132 e. The molecular formula is C18H28Cl2N2. The summed E-state index contributed by atoms with van der Waals surface area (Å²) in [7, 11) is 13.0. The van der Waals surface area contributed by atoms with Gasteiger partial charge in [-0.25, -0.2) is 0 Å². The zero-order chi connectivity index (χ0) is 15.2. The van der Waals surface area contributed by atoms with Gasteiger partial charge in [0.1, 0.15) is 11.4 Å². The standard InChI is InChI=1S/2C9H14N.2ClH/c2*1-10(2,3)9-7-5-4-6-8-9;;/h2*4-8H,1-3H3;2*1H/q2*+1;;/p-2. The second kappa shape index (κ2) is 9.86. The van der Waals surface area contributed by atoms with Crippen molar-refractivity contribution in [1.82, 2.24) is 8.97 Å². The van der Waals surface area contributed by atoms with Crippen LogP contribution >= 0.6 is 0 Å². The minimum atomic E-state index is 0. The van der Waals surface area contributed by atoms with Gasteiger partial charge >= 0.3 is 0 Å². The molecule has 0 radical (unpaired) electrons. The molecule has 0 fully saturated rings. The smallest absolute Gasteiger partial charge is 0.132 e. The van der Waals surface area contributed by atoms with E-state index in [0.717, 1.165) is 8.97 Å². The number of hydrogen-bond donors (Lipinski definition) is 0. The second-order valence-corrected chi connectivity index (χ2v) is 6.70. The lowest BCUT2D eigenvalue weighted by atomic mass is 10.3. The molecule has 4 heteroatoms. The molecule has 0 saturated heterocycles. The Hall–Kier alpha value is -1.06. The molecule has 124 valence electrons. The highest BCUT2D eigenvalue weighted by Gasteiger charge is 2.09. The molecule has 2 rings (SSSR count). The van der Waals surface area contributed by atoms with Gasteiger partial charge in [-0.3, -0.25) is 8.97 Å². The number of rotatable bonds is 2. The van der Waals surface area contributed by atoms with E-state index in [1.54, 1.807) is 0 Å². The fraction of sp³-hybridized carbons (Fsp3) is 0.333. The van der Waals surface area contributed by atoms with Crippen LogP contribution in [0.5, 0.6) is 0 Å². The van der Waals surface area contributed by atoms with Crippen LogP contribution in [-0.2, 0) is 0 Å². The highest BCUT2D eigenvalue weighted by Crippen LogP contribution is 2.14. The number of quaternary nitrogens is 2. The lowest BCUT2D eigenvalue weighted by molar-refractivity contribution is -0.00100. The molecule has 0 N–H and O–H groups in total. The topological polar surface area (TPSA) is 0 Å². The van der Waals surface area contributed by atoms with Gasteiger partial charge in [-0.15, -0.1) is 0 Å². The summed E-state index contributed by atoms with van der Waals surface area (Å²) in [4.78, 5) is 0. The first-order valence-corrected chi connectivity index (χ1v) is 6.95. The van der Waals surface area contributed by atoms with Crippen molar-refractivity contribution >= 4 is 11.4 Å². The van der Waals surface area contributed by atoms with Gasteiger partial charge in [-0.05, 0) is 24.3 Å². The molecule has 2 aromatic carbocycles. The van der Waals surface area contributed by atoms with E-state index in [-0.39, 0.29) is 24.8 Å². The van der Waals surface area contributed by atoms with E-state index in [2.05, 4.69) is 90.8 Å². The Bertz CT molecular complexity index is 451. The van der Waals surface area contributed by atoms with Gasteiger partial charge in [0.15, 0.2) is 0 Å². The molecule has 22 heavy (non-hydrogen) atoms. The third-order valence-electron chi connectivity index (χ3n) is 3.06. The summed E-state index contributed by atoms with van der Waals surface area (Å²) < 4.78 is 1.78. The summed E-state index contributed by atoms with van der Waals surface area (Å²) in [5.74, 6) is 0. The molecule has 0 aliphatic carbocycles. The van der Waals surface area contributed by atoms with Crippen LogP contribution in [0, 0.1) is 0 Å². The van der Waals surface area contributed by atoms with E-state index in [9.17, 15) is 0 Å². The van der Waals surface area contributed by atoms with Crippen molar-refractivity contribution < 1.29 is 24.8 Å². The van der Waals surface area contributed by atoms with Gasteiger partial charge in [0, 0.05) is 0 Å². The molecule has 0 amide bonds. The Morgan fingerprint density at radius 1 is 0.455 bits per heavy atom. The van der Waals surface area contributed by atoms with E-state index >= 15 is 0 Å². The minimum absolute atomic E-state index is 0. The van der Waals surface area contributed by atoms with Crippen LogP contribution < -0.4 is 33.8 Å². The first-order valence-electron chi connectivity index (χ1n) is 6.95. The number of hydrogen-bond acceptors (Lipinski definition) is 0. The van der Waals surface area contributed by atoms with Gasteiger partial charge in [0.25, 0.3) is 0 Å². The highest BCUT2D eigenvalue weighted by atomic mass is 35.5. The summed E-state index contributed by atoms with van der Waals surface area (Å²) >= 11 is 0. The predicted molar refractivity (Wildman–Crippen MR) is 92.0 cm³/mol. The minimum Gasteiger partial charge on any atom is -1.00 e. The van der Waals surface area contributed by atoms with Crippen molar-refractivity contribution in [3.8, 4) is 0 Å². The number of nitrogens with zero attached hydrogens (tertiary/aromatic N) is 2. The van der Waals surface area contributed by atoms with Gasteiger partial charge < -0.3 is 24.8 Å². The normalized spacial score (nSPS) is 10.5. The van der Waals surface area contributed by atoms with E-state index in [1.165, 1.54) is 11.4 Å². The Morgan fingerprint density at radius 3 is 0.818 bits per heavy atom. The third kappa shape index (κ3) is 8.40. The Balaban J connectivity index is 0. The molecule has 0 spiro atoms. The molecule has 0 heterocycles. The zero-order valence-electron chi connectivity index (χ0n) is 14.4. The average molecular weight is 343 g/mol. The first kappa shape index (κ1) is 23.2. The average Bonchev–Trinajstić information content (AvgIpc) is 2.40. The van der Waals surface area contributed by atoms with Crippen molar-refractivity contribution in [2.24, 2.45) is 0 Å². The number of para-hydroxylation sites is 2. The van der Waals surface area contributed by atoms with Crippen molar-refractivity contribution in [3.05, 3.63) is 60.7 Å². The van der Waals surface area contributed by atoms with Gasteiger partial charge in [0.05, 0.1) is 42.3 Å². The van der Waals surface area contributed by atoms with E-state index in [1.807, 2.05) is 12.1 Å². The van der Waals surface area contributed by atoms with Gasteiger partial charge in [0.2, 0.25) is 0 Å². The lowest BCUT2D eigenvalue weighted by Gasteiger charge is -2.22. The molecule has 0 saturated carbocycles. The van der Waals surface area contributed by atoms with Crippen LogP contribution in [0.1, 0.15) is 0 Å². The number of benzene rings is 2. The van der Waals surface area contributed by atoms with E-state index < -0.39 is 0 Å². The Morgan fingerprint density at radius 2 is 0.682 bits per heavy atom. The molecule has 2 nitrogen and oxygen atoms in total.